The minimum absolute atomic E-state index is 0. The lowest BCUT2D eigenvalue weighted by Crippen LogP contribution is -2.45. The van der Waals surface area contributed by atoms with E-state index in [4.69, 9.17) is 0 Å². The molecule has 0 bridgehead atoms. The summed E-state index contributed by atoms with van der Waals surface area (Å²) in [5, 5.41) is 11.9. The first-order chi connectivity index (χ1) is 14.4. The minimum atomic E-state index is -1.06. The Morgan fingerprint density at radius 3 is 2.42 bits per heavy atom. The first-order valence-electron chi connectivity index (χ1n) is 10.6. The van der Waals surface area contributed by atoms with Crippen molar-refractivity contribution in [3.63, 3.8) is 0 Å². The second-order valence-corrected chi connectivity index (χ2v) is 8.20. The van der Waals surface area contributed by atoms with Crippen LogP contribution >= 0.6 is 12.4 Å². The first kappa shape index (κ1) is 22.9. The van der Waals surface area contributed by atoms with E-state index in [9.17, 15) is 14.7 Å². The third-order valence-corrected chi connectivity index (χ3v) is 6.08. The normalized spacial score (nSPS) is 20.5. The molecule has 1 fully saturated rings. The average Bonchev–Trinajstić information content (AvgIpc) is 2.73. The van der Waals surface area contributed by atoms with E-state index < -0.39 is 6.09 Å². The molecule has 2 aliphatic rings. The summed E-state index contributed by atoms with van der Waals surface area (Å²) in [6.07, 6.45) is 5.04. The molecule has 8 heteroatoms. The molecule has 0 radical (unpaired) electrons. The van der Waals surface area contributed by atoms with E-state index in [1.807, 2.05) is 31.3 Å². The van der Waals surface area contributed by atoms with Crippen LogP contribution in [0.3, 0.4) is 0 Å². The fraction of sp³-hybridized carbons (Fsp3) is 0.435. The molecule has 166 valence electrons. The highest BCUT2D eigenvalue weighted by Crippen LogP contribution is 2.39. The number of halogens is 1. The zero-order chi connectivity index (χ0) is 21.3. The fourth-order valence-corrected chi connectivity index (χ4v) is 4.68. The van der Waals surface area contributed by atoms with Crippen LogP contribution in [0.1, 0.15) is 51.1 Å². The molecule has 0 spiro atoms. The van der Waals surface area contributed by atoms with Crippen molar-refractivity contribution in [2.24, 2.45) is 0 Å². The van der Waals surface area contributed by atoms with E-state index in [2.05, 4.69) is 27.3 Å². The molecule has 1 aromatic heterocycles. The topological polar surface area (TPSA) is 85.8 Å². The van der Waals surface area contributed by atoms with Gasteiger partial charge < -0.3 is 20.2 Å². The molecule has 3 heterocycles. The van der Waals surface area contributed by atoms with Crippen molar-refractivity contribution in [3.8, 4) is 11.1 Å². The quantitative estimate of drug-likeness (QED) is 0.721. The summed E-state index contributed by atoms with van der Waals surface area (Å²) in [4.78, 5) is 32.3. The number of fused-ring (bicyclic) bond motifs is 1. The van der Waals surface area contributed by atoms with Crippen molar-refractivity contribution < 1.29 is 14.7 Å². The zero-order valence-electron chi connectivity index (χ0n) is 17.9. The molecule has 1 saturated heterocycles. The number of rotatable bonds is 3. The SMILES string of the molecule is CC(=O)N1c2ccc(-c3ccc(N4CCCCC4)nc3)cc2C(NC(=O)O)CC1C.Cl. The van der Waals surface area contributed by atoms with Crippen molar-refractivity contribution in [3.05, 3.63) is 42.1 Å². The highest BCUT2D eigenvalue weighted by atomic mass is 35.5. The van der Waals surface area contributed by atoms with E-state index in [0.717, 1.165) is 41.3 Å². The Labute approximate surface area is 188 Å². The highest BCUT2D eigenvalue weighted by molar-refractivity contribution is 5.94. The van der Waals surface area contributed by atoms with E-state index >= 15 is 0 Å². The van der Waals surface area contributed by atoms with Gasteiger partial charge in [0, 0.05) is 43.5 Å². The lowest BCUT2D eigenvalue weighted by molar-refractivity contribution is -0.117. The van der Waals surface area contributed by atoms with Crippen molar-refractivity contribution >= 4 is 35.9 Å². The summed E-state index contributed by atoms with van der Waals surface area (Å²) in [5.74, 6) is 0.955. The number of nitrogens with one attached hydrogen (secondary N) is 1. The Morgan fingerprint density at radius 1 is 1.10 bits per heavy atom. The molecule has 1 aromatic carbocycles. The predicted molar refractivity (Wildman–Crippen MR) is 124 cm³/mol. The van der Waals surface area contributed by atoms with Gasteiger partial charge in [-0.25, -0.2) is 9.78 Å². The number of hydrogen-bond donors (Lipinski definition) is 2. The summed E-state index contributed by atoms with van der Waals surface area (Å²) in [6.45, 7) is 5.58. The van der Waals surface area contributed by atoms with Crippen LogP contribution in [0.15, 0.2) is 36.5 Å². The highest BCUT2D eigenvalue weighted by Gasteiger charge is 2.33. The van der Waals surface area contributed by atoms with Gasteiger partial charge in [0.1, 0.15) is 5.82 Å². The number of anilines is 2. The number of carbonyl (C=O) groups excluding carboxylic acids is 1. The number of piperidine rings is 1. The zero-order valence-corrected chi connectivity index (χ0v) is 18.7. The number of carboxylic acid groups (broad SMARTS) is 1. The summed E-state index contributed by atoms with van der Waals surface area (Å²) >= 11 is 0. The fourth-order valence-electron chi connectivity index (χ4n) is 4.68. The number of nitrogens with zero attached hydrogens (tertiary/aromatic N) is 3. The largest absolute Gasteiger partial charge is 0.465 e. The van der Waals surface area contributed by atoms with Crippen molar-refractivity contribution in [1.29, 1.82) is 0 Å². The molecule has 31 heavy (non-hydrogen) atoms. The summed E-state index contributed by atoms with van der Waals surface area (Å²) in [5.41, 5.74) is 3.52. The van der Waals surface area contributed by atoms with Crippen molar-refractivity contribution in [2.45, 2.75) is 51.6 Å². The van der Waals surface area contributed by atoms with Crippen molar-refractivity contribution in [1.82, 2.24) is 10.3 Å². The molecular formula is C23H29ClN4O3. The maximum Gasteiger partial charge on any atom is 0.405 e. The maximum absolute atomic E-state index is 12.2. The number of aromatic nitrogens is 1. The second-order valence-electron chi connectivity index (χ2n) is 8.20. The van der Waals surface area contributed by atoms with E-state index in [0.29, 0.717) is 6.42 Å². The van der Waals surface area contributed by atoms with Crippen LogP contribution in [-0.2, 0) is 4.79 Å². The van der Waals surface area contributed by atoms with Gasteiger partial charge in [0.25, 0.3) is 0 Å². The lowest BCUT2D eigenvalue weighted by atomic mass is 9.89. The smallest absolute Gasteiger partial charge is 0.405 e. The number of amides is 2. The van der Waals surface area contributed by atoms with E-state index in [1.165, 1.54) is 19.3 Å². The Morgan fingerprint density at radius 2 is 1.81 bits per heavy atom. The van der Waals surface area contributed by atoms with Gasteiger partial charge in [-0.15, -0.1) is 12.4 Å². The summed E-state index contributed by atoms with van der Waals surface area (Å²) < 4.78 is 0. The Bertz CT molecular complexity index is 944. The maximum atomic E-state index is 12.2. The lowest BCUT2D eigenvalue weighted by Gasteiger charge is -2.39. The van der Waals surface area contributed by atoms with Crippen molar-refractivity contribution in [2.75, 3.05) is 22.9 Å². The Kier molecular flexibility index (Phi) is 7.05. The number of hydrogen-bond acceptors (Lipinski definition) is 4. The molecular weight excluding hydrogens is 416 g/mol. The predicted octanol–water partition coefficient (Wildman–Crippen LogP) is 4.61. The van der Waals surface area contributed by atoms with Crippen LogP contribution < -0.4 is 15.1 Å². The monoisotopic (exact) mass is 444 g/mol. The third kappa shape index (κ3) is 4.77. The van der Waals surface area contributed by atoms with Crippen LogP contribution in [0.5, 0.6) is 0 Å². The van der Waals surface area contributed by atoms with Gasteiger partial charge in [-0.1, -0.05) is 6.07 Å². The number of carbonyl (C=O) groups is 2. The molecule has 0 aliphatic carbocycles. The van der Waals surface area contributed by atoms with Crippen LogP contribution in [0.4, 0.5) is 16.3 Å². The van der Waals surface area contributed by atoms with Crippen LogP contribution in [0, 0.1) is 0 Å². The standard InChI is InChI=1S/C23H28N4O3.ClH/c1-15-12-20(25-23(29)30)19-13-17(6-8-21(19)27(15)16(2)28)18-7-9-22(24-14-18)26-10-4-3-5-11-26;/h6-9,13-15,20,25H,3-5,10-12H2,1-2H3,(H,29,30);1H. The number of pyridine rings is 1. The van der Waals surface area contributed by atoms with Gasteiger partial charge in [0.2, 0.25) is 5.91 Å². The minimum Gasteiger partial charge on any atom is -0.465 e. The van der Waals surface area contributed by atoms with Gasteiger partial charge in [0.15, 0.2) is 0 Å². The van der Waals surface area contributed by atoms with Crippen LogP contribution in [0.2, 0.25) is 0 Å². The van der Waals surface area contributed by atoms with Crippen LogP contribution in [-0.4, -0.2) is 41.2 Å². The van der Waals surface area contributed by atoms with E-state index in [1.54, 1.807) is 11.8 Å². The van der Waals surface area contributed by atoms with Gasteiger partial charge in [-0.3, -0.25) is 4.79 Å². The Balaban J connectivity index is 0.00000272. The third-order valence-electron chi connectivity index (χ3n) is 6.08. The molecule has 2 unspecified atom stereocenters. The molecule has 2 N–H and O–H groups in total. The summed E-state index contributed by atoms with van der Waals surface area (Å²) in [6, 6.07) is 9.55. The first-order valence-corrected chi connectivity index (χ1v) is 10.6. The molecule has 2 atom stereocenters. The average molecular weight is 445 g/mol. The molecule has 2 amide bonds. The van der Waals surface area contributed by atoms with Gasteiger partial charge >= 0.3 is 6.09 Å². The molecule has 4 rings (SSSR count). The van der Waals surface area contributed by atoms with Gasteiger partial charge in [-0.2, -0.15) is 0 Å². The number of benzene rings is 1. The van der Waals surface area contributed by atoms with Crippen LogP contribution in [0.25, 0.3) is 11.1 Å². The van der Waals surface area contributed by atoms with Gasteiger partial charge in [-0.05, 0) is 68.0 Å². The molecule has 0 saturated carbocycles. The van der Waals surface area contributed by atoms with Gasteiger partial charge in [0.05, 0.1) is 6.04 Å². The second kappa shape index (κ2) is 9.56. The van der Waals surface area contributed by atoms with E-state index in [-0.39, 0.29) is 30.4 Å². The molecule has 2 aliphatic heterocycles. The summed E-state index contributed by atoms with van der Waals surface area (Å²) in [7, 11) is 0. The molecule has 7 nitrogen and oxygen atoms in total. The Hall–Kier alpha value is -2.80. The molecule has 2 aromatic rings.